The van der Waals surface area contributed by atoms with E-state index in [1.54, 1.807) is 38.5 Å². The van der Waals surface area contributed by atoms with Crippen molar-refractivity contribution in [3.05, 3.63) is 77.9 Å². The molecule has 0 saturated carbocycles. The maximum absolute atomic E-state index is 12.3. The highest BCUT2D eigenvalue weighted by Crippen LogP contribution is 2.25. The number of hydrogen-bond donors (Lipinski definition) is 1. The number of benzene rings is 3. The molecular weight excluding hydrogens is 394 g/mol. The fraction of sp³-hybridized carbons (Fsp3) is 0.200. The molecule has 0 bridgehead atoms. The van der Waals surface area contributed by atoms with Crippen LogP contribution in [0.4, 0.5) is 0 Å². The topological polar surface area (TPSA) is 73.9 Å². The molecule has 1 amide bonds. The van der Waals surface area contributed by atoms with Gasteiger partial charge in [-0.3, -0.25) is 4.79 Å². The zero-order valence-electron chi connectivity index (χ0n) is 17.8. The molecule has 0 aliphatic heterocycles. The first kappa shape index (κ1) is 21.9. The molecule has 0 saturated heterocycles. The molecule has 0 fully saturated rings. The van der Waals surface area contributed by atoms with Crippen molar-refractivity contribution in [1.29, 1.82) is 0 Å². The molecule has 0 radical (unpaired) electrons. The second kappa shape index (κ2) is 10.3. The number of fused-ring (bicyclic) bond motifs is 1. The van der Waals surface area contributed by atoms with Crippen LogP contribution in [-0.2, 0) is 14.3 Å². The fourth-order valence-electron chi connectivity index (χ4n) is 3.30. The molecule has 160 valence electrons. The quantitative estimate of drug-likeness (QED) is 0.436. The zero-order valence-corrected chi connectivity index (χ0v) is 17.8. The van der Waals surface area contributed by atoms with E-state index in [1.807, 2.05) is 49.4 Å². The van der Waals surface area contributed by atoms with E-state index in [1.165, 1.54) is 6.08 Å². The van der Waals surface area contributed by atoms with Crippen molar-refractivity contribution >= 4 is 28.7 Å². The summed E-state index contributed by atoms with van der Waals surface area (Å²) in [4.78, 5) is 24.3. The summed E-state index contributed by atoms with van der Waals surface area (Å²) >= 11 is 0. The second-order valence-corrected chi connectivity index (χ2v) is 6.91. The van der Waals surface area contributed by atoms with Crippen molar-refractivity contribution < 1.29 is 23.8 Å². The van der Waals surface area contributed by atoms with Gasteiger partial charge in [-0.15, -0.1) is 0 Å². The number of hydrogen-bond acceptors (Lipinski definition) is 5. The van der Waals surface area contributed by atoms with Crippen molar-refractivity contribution in [2.75, 3.05) is 20.8 Å². The largest absolute Gasteiger partial charge is 0.497 e. The molecule has 0 spiro atoms. The molecule has 3 aromatic carbocycles. The molecule has 3 aromatic rings. The van der Waals surface area contributed by atoms with E-state index in [9.17, 15) is 9.59 Å². The Labute approximate surface area is 181 Å². The van der Waals surface area contributed by atoms with Gasteiger partial charge in [0.25, 0.3) is 5.91 Å². The Morgan fingerprint density at radius 2 is 1.77 bits per heavy atom. The third kappa shape index (κ3) is 5.63. The molecule has 0 aliphatic carbocycles. The smallest absolute Gasteiger partial charge is 0.331 e. The standard InChI is InChI=1S/C25H25NO5/c1-17(21-10-6-8-18-7-4-5-9-22(18)21)26-24(27)16-31-25(28)14-11-19-15-20(29-2)12-13-23(19)30-3/h4-15,17H,16H2,1-3H3,(H,26,27)/b14-11+. The summed E-state index contributed by atoms with van der Waals surface area (Å²) in [5.74, 6) is 0.223. The summed E-state index contributed by atoms with van der Waals surface area (Å²) in [6.07, 6.45) is 2.80. The van der Waals surface area contributed by atoms with Crippen molar-refractivity contribution in [3.63, 3.8) is 0 Å². The lowest BCUT2D eigenvalue weighted by molar-refractivity contribution is -0.144. The Bertz CT molecular complexity index is 1100. The Morgan fingerprint density at radius 3 is 2.55 bits per heavy atom. The van der Waals surface area contributed by atoms with Gasteiger partial charge in [0.05, 0.1) is 20.3 Å². The monoisotopic (exact) mass is 419 g/mol. The zero-order chi connectivity index (χ0) is 22.2. The first-order valence-corrected chi connectivity index (χ1v) is 9.85. The Morgan fingerprint density at radius 1 is 1.00 bits per heavy atom. The van der Waals surface area contributed by atoms with Crippen molar-refractivity contribution in [2.24, 2.45) is 0 Å². The van der Waals surface area contributed by atoms with Gasteiger partial charge in [0, 0.05) is 11.6 Å². The van der Waals surface area contributed by atoms with Gasteiger partial charge >= 0.3 is 5.97 Å². The number of ether oxygens (including phenoxy) is 3. The predicted octanol–water partition coefficient (Wildman–Crippen LogP) is 4.29. The maximum atomic E-state index is 12.3. The summed E-state index contributed by atoms with van der Waals surface area (Å²) in [7, 11) is 3.10. The van der Waals surface area contributed by atoms with Gasteiger partial charge in [0.2, 0.25) is 0 Å². The highest BCUT2D eigenvalue weighted by Gasteiger charge is 2.13. The first-order chi connectivity index (χ1) is 15.0. The second-order valence-electron chi connectivity index (χ2n) is 6.91. The van der Waals surface area contributed by atoms with E-state index >= 15 is 0 Å². The van der Waals surface area contributed by atoms with Crippen LogP contribution in [0.2, 0.25) is 0 Å². The van der Waals surface area contributed by atoms with E-state index in [0.29, 0.717) is 17.1 Å². The van der Waals surface area contributed by atoms with Crippen LogP contribution in [0, 0.1) is 0 Å². The number of methoxy groups -OCH3 is 2. The van der Waals surface area contributed by atoms with Gasteiger partial charge in [0.1, 0.15) is 11.5 Å². The van der Waals surface area contributed by atoms with E-state index in [4.69, 9.17) is 14.2 Å². The molecule has 0 heterocycles. The number of carbonyl (C=O) groups excluding carboxylic acids is 2. The maximum Gasteiger partial charge on any atom is 0.331 e. The molecule has 6 nitrogen and oxygen atoms in total. The van der Waals surface area contributed by atoms with E-state index < -0.39 is 5.97 Å². The minimum atomic E-state index is -0.627. The average Bonchev–Trinajstić information content (AvgIpc) is 2.80. The number of esters is 1. The number of carbonyl (C=O) groups is 2. The van der Waals surface area contributed by atoms with Gasteiger partial charge in [-0.2, -0.15) is 0 Å². The molecule has 6 heteroatoms. The molecule has 1 unspecified atom stereocenters. The molecule has 3 rings (SSSR count). The van der Waals surface area contributed by atoms with Gasteiger partial charge < -0.3 is 19.5 Å². The van der Waals surface area contributed by atoms with Crippen LogP contribution in [-0.4, -0.2) is 32.7 Å². The summed E-state index contributed by atoms with van der Waals surface area (Å²) in [6.45, 7) is 1.53. The average molecular weight is 419 g/mol. The number of amides is 1. The fourth-order valence-corrected chi connectivity index (χ4v) is 3.30. The van der Waals surface area contributed by atoms with Crippen molar-refractivity contribution in [1.82, 2.24) is 5.32 Å². The van der Waals surface area contributed by atoms with Crippen LogP contribution < -0.4 is 14.8 Å². The minimum absolute atomic E-state index is 0.228. The van der Waals surface area contributed by atoms with E-state index in [2.05, 4.69) is 5.32 Å². The lowest BCUT2D eigenvalue weighted by Gasteiger charge is -2.16. The van der Waals surface area contributed by atoms with Crippen LogP contribution in [0.25, 0.3) is 16.8 Å². The Kier molecular flexibility index (Phi) is 7.27. The van der Waals surface area contributed by atoms with E-state index in [0.717, 1.165) is 16.3 Å². The normalized spacial score (nSPS) is 11.8. The number of nitrogens with one attached hydrogen (secondary N) is 1. The van der Waals surface area contributed by atoms with Gasteiger partial charge in [-0.05, 0) is 47.5 Å². The molecule has 0 aromatic heterocycles. The highest BCUT2D eigenvalue weighted by atomic mass is 16.5. The van der Waals surface area contributed by atoms with Crippen LogP contribution in [0.1, 0.15) is 24.1 Å². The third-order valence-electron chi connectivity index (χ3n) is 4.85. The minimum Gasteiger partial charge on any atom is -0.497 e. The molecule has 31 heavy (non-hydrogen) atoms. The van der Waals surface area contributed by atoms with Gasteiger partial charge in [-0.25, -0.2) is 4.79 Å². The summed E-state index contributed by atoms with van der Waals surface area (Å²) in [5, 5.41) is 5.05. The lowest BCUT2D eigenvalue weighted by atomic mass is 10.00. The number of rotatable bonds is 8. The Balaban J connectivity index is 1.57. The molecule has 1 N–H and O–H groups in total. The molecular formula is C25H25NO5. The predicted molar refractivity (Wildman–Crippen MR) is 120 cm³/mol. The van der Waals surface area contributed by atoms with Crippen LogP contribution in [0.3, 0.4) is 0 Å². The summed E-state index contributed by atoms with van der Waals surface area (Å²) in [6, 6.07) is 19.0. The van der Waals surface area contributed by atoms with Gasteiger partial charge in [-0.1, -0.05) is 42.5 Å². The highest BCUT2D eigenvalue weighted by molar-refractivity contribution is 5.90. The van der Waals surface area contributed by atoms with Gasteiger partial charge in [0.15, 0.2) is 6.61 Å². The van der Waals surface area contributed by atoms with Crippen molar-refractivity contribution in [3.8, 4) is 11.5 Å². The lowest BCUT2D eigenvalue weighted by Crippen LogP contribution is -2.31. The molecule has 1 atom stereocenters. The van der Waals surface area contributed by atoms with E-state index in [-0.39, 0.29) is 18.6 Å². The third-order valence-corrected chi connectivity index (χ3v) is 4.85. The Hall–Kier alpha value is -3.80. The van der Waals surface area contributed by atoms with Crippen LogP contribution in [0.15, 0.2) is 66.7 Å². The first-order valence-electron chi connectivity index (χ1n) is 9.85. The summed E-state index contributed by atoms with van der Waals surface area (Å²) < 4.78 is 15.5. The summed E-state index contributed by atoms with van der Waals surface area (Å²) in [5.41, 5.74) is 1.66. The SMILES string of the molecule is COc1ccc(OC)c(/C=C/C(=O)OCC(=O)NC(C)c2cccc3ccccc23)c1. The van der Waals surface area contributed by atoms with Crippen molar-refractivity contribution in [2.45, 2.75) is 13.0 Å². The van der Waals surface area contributed by atoms with Crippen LogP contribution in [0.5, 0.6) is 11.5 Å². The van der Waals surface area contributed by atoms with Crippen LogP contribution >= 0.6 is 0 Å². The molecule has 0 aliphatic rings.